The molecule has 0 amide bonds. The van der Waals surface area contributed by atoms with Crippen LogP contribution in [-0.2, 0) is 0 Å². The summed E-state index contributed by atoms with van der Waals surface area (Å²) in [5.41, 5.74) is 1.29. The molecule has 5 rings (SSSR count). The fraction of sp³-hybridized carbons (Fsp3) is 0.607. The fourth-order valence-corrected chi connectivity index (χ4v) is 6.06. The van der Waals surface area contributed by atoms with Crippen molar-refractivity contribution < 1.29 is 0 Å². The van der Waals surface area contributed by atoms with Gasteiger partial charge in [-0.3, -0.25) is 0 Å². The van der Waals surface area contributed by atoms with Crippen LogP contribution in [0.4, 0.5) is 23.3 Å². The van der Waals surface area contributed by atoms with Gasteiger partial charge in [0.2, 0.25) is 5.95 Å². The Labute approximate surface area is 221 Å². The van der Waals surface area contributed by atoms with E-state index >= 15 is 0 Å². The van der Waals surface area contributed by atoms with E-state index in [1.54, 1.807) is 0 Å². The van der Waals surface area contributed by atoms with E-state index in [1.165, 1.54) is 63.5 Å². The molecule has 2 aromatic rings. The van der Waals surface area contributed by atoms with Gasteiger partial charge in [0.25, 0.3) is 0 Å². The van der Waals surface area contributed by atoms with Crippen LogP contribution in [0.2, 0.25) is 0 Å². The largest absolute Gasteiger partial charge is 0.368 e. The molecule has 3 heterocycles. The SMILES string of the molecule is C[C@H]1CCCCN1c1cc(N2CCN(c3ccccc3)CC2)nc(NC(=S)NC2CCCCCC2)n1. The molecular formula is C28H41N7S. The van der Waals surface area contributed by atoms with Crippen molar-refractivity contribution in [2.45, 2.75) is 76.8 Å². The molecule has 2 N–H and O–H groups in total. The lowest BCUT2D eigenvalue weighted by Crippen LogP contribution is -2.47. The molecule has 1 saturated carbocycles. The number of nitrogens with zero attached hydrogens (tertiary/aromatic N) is 5. The first-order valence-electron chi connectivity index (χ1n) is 13.9. The zero-order valence-electron chi connectivity index (χ0n) is 21.7. The molecule has 2 aliphatic heterocycles. The van der Waals surface area contributed by atoms with E-state index in [4.69, 9.17) is 22.2 Å². The van der Waals surface area contributed by atoms with Gasteiger partial charge in [-0.1, -0.05) is 43.9 Å². The zero-order valence-corrected chi connectivity index (χ0v) is 22.5. The Hall–Kier alpha value is -2.61. The van der Waals surface area contributed by atoms with Gasteiger partial charge in [0.1, 0.15) is 11.6 Å². The lowest BCUT2D eigenvalue weighted by atomic mass is 10.0. The molecule has 1 aliphatic carbocycles. The maximum atomic E-state index is 5.72. The third-order valence-electron chi connectivity index (χ3n) is 7.94. The first-order valence-corrected chi connectivity index (χ1v) is 14.3. The Balaban J connectivity index is 1.31. The maximum absolute atomic E-state index is 5.72. The molecule has 0 spiro atoms. The molecule has 1 aromatic carbocycles. The van der Waals surface area contributed by atoms with Crippen molar-refractivity contribution in [3.8, 4) is 0 Å². The zero-order chi connectivity index (χ0) is 24.7. The van der Waals surface area contributed by atoms with Gasteiger partial charge in [-0.05, 0) is 63.4 Å². The van der Waals surface area contributed by atoms with E-state index in [2.05, 4.69) is 68.7 Å². The first-order chi connectivity index (χ1) is 17.7. The van der Waals surface area contributed by atoms with E-state index in [1.807, 2.05) is 0 Å². The highest BCUT2D eigenvalue weighted by Gasteiger charge is 2.24. The summed E-state index contributed by atoms with van der Waals surface area (Å²) in [6.45, 7) is 7.19. The highest BCUT2D eigenvalue weighted by molar-refractivity contribution is 7.80. The summed E-state index contributed by atoms with van der Waals surface area (Å²) in [6, 6.07) is 13.8. The van der Waals surface area contributed by atoms with E-state index in [-0.39, 0.29) is 0 Å². The van der Waals surface area contributed by atoms with E-state index < -0.39 is 0 Å². The van der Waals surface area contributed by atoms with E-state index in [0.29, 0.717) is 23.1 Å². The van der Waals surface area contributed by atoms with Crippen LogP contribution >= 0.6 is 12.2 Å². The van der Waals surface area contributed by atoms with Crippen LogP contribution in [0.3, 0.4) is 0 Å². The maximum Gasteiger partial charge on any atom is 0.232 e. The molecule has 1 atom stereocenters. The molecular weight excluding hydrogens is 466 g/mol. The van der Waals surface area contributed by atoms with Crippen LogP contribution in [0.15, 0.2) is 36.4 Å². The Bertz CT molecular complexity index is 985. The quantitative estimate of drug-likeness (QED) is 0.424. The van der Waals surface area contributed by atoms with Crippen molar-refractivity contribution in [2.24, 2.45) is 0 Å². The van der Waals surface area contributed by atoms with Crippen LogP contribution in [0, 0.1) is 0 Å². The molecule has 3 fully saturated rings. The van der Waals surface area contributed by atoms with E-state index in [0.717, 1.165) is 44.4 Å². The van der Waals surface area contributed by atoms with Crippen LogP contribution in [0.5, 0.6) is 0 Å². The number of anilines is 4. The number of hydrogen-bond acceptors (Lipinski definition) is 6. The molecule has 1 aromatic heterocycles. The number of para-hydroxylation sites is 1. The molecule has 3 aliphatic rings. The topological polar surface area (TPSA) is 59.6 Å². The lowest BCUT2D eigenvalue weighted by molar-refractivity contribution is 0.481. The normalized spacial score (nSPS) is 21.7. The van der Waals surface area contributed by atoms with Crippen LogP contribution in [-0.4, -0.2) is 59.9 Å². The van der Waals surface area contributed by atoms with Crippen molar-refractivity contribution in [3.63, 3.8) is 0 Å². The first kappa shape index (κ1) is 25.1. The number of hydrogen-bond donors (Lipinski definition) is 2. The highest BCUT2D eigenvalue weighted by atomic mass is 32.1. The molecule has 0 radical (unpaired) electrons. The minimum absolute atomic E-state index is 0.448. The van der Waals surface area contributed by atoms with Crippen molar-refractivity contribution in [1.29, 1.82) is 0 Å². The second-order valence-electron chi connectivity index (χ2n) is 10.5. The monoisotopic (exact) mass is 507 g/mol. The number of benzene rings is 1. The van der Waals surface area contributed by atoms with Gasteiger partial charge in [0, 0.05) is 56.6 Å². The summed E-state index contributed by atoms with van der Waals surface area (Å²) in [5, 5.41) is 7.54. The Morgan fingerprint density at radius 3 is 2.19 bits per heavy atom. The minimum Gasteiger partial charge on any atom is -0.368 e. The second kappa shape index (κ2) is 12.1. The smallest absolute Gasteiger partial charge is 0.232 e. The molecule has 2 saturated heterocycles. The summed E-state index contributed by atoms with van der Waals surface area (Å²) < 4.78 is 0. The Morgan fingerprint density at radius 2 is 1.47 bits per heavy atom. The molecule has 7 nitrogen and oxygen atoms in total. The molecule has 0 bridgehead atoms. The summed E-state index contributed by atoms with van der Waals surface area (Å²) >= 11 is 5.72. The van der Waals surface area contributed by atoms with Gasteiger partial charge in [0.05, 0.1) is 0 Å². The standard InChI is InChI=1S/C28H41N7S/c1-22-11-9-10-16-35(22)26-21-25(34-19-17-33(18-20-34)24-14-7-4-8-15-24)30-27(31-26)32-28(36)29-23-12-5-2-3-6-13-23/h4,7-8,14-15,21-23H,2-3,5-6,9-13,16-20H2,1H3,(H2,29,30,31,32,36)/t22-/m0/s1. The van der Waals surface area contributed by atoms with Crippen LogP contribution < -0.4 is 25.3 Å². The third-order valence-corrected chi connectivity index (χ3v) is 8.16. The van der Waals surface area contributed by atoms with Gasteiger partial charge >= 0.3 is 0 Å². The fourth-order valence-electron chi connectivity index (χ4n) is 5.80. The van der Waals surface area contributed by atoms with Gasteiger partial charge in [0.15, 0.2) is 5.11 Å². The summed E-state index contributed by atoms with van der Waals surface area (Å²) in [6.07, 6.45) is 11.3. The van der Waals surface area contributed by atoms with Crippen LogP contribution in [0.1, 0.15) is 64.7 Å². The van der Waals surface area contributed by atoms with E-state index in [9.17, 15) is 0 Å². The number of aromatic nitrogens is 2. The van der Waals surface area contributed by atoms with Gasteiger partial charge in [-0.25, -0.2) is 0 Å². The predicted molar refractivity (Wildman–Crippen MR) is 154 cm³/mol. The van der Waals surface area contributed by atoms with Crippen molar-refractivity contribution >= 4 is 40.6 Å². The van der Waals surface area contributed by atoms with Crippen molar-refractivity contribution in [2.75, 3.05) is 52.7 Å². The number of rotatable bonds is 5. The third kappa shape index (κ3) is 6.38. The minimum atomic E-state index is 0.448. The molecule has 194 valence electrons. The molecule has 0 unspecified atom stereocenters. The summed E-state index contributed by atoms with van der Waals surface area (Å²) in [5.74, 6) is 2.61. The Kier molecular flexibility index (Phi) is 8.41. The second-order valence-corrected chi connectivity index (χ2v) is 11.0. The molecule has 36 heavy (non-hydrogen) atoms. The van der Waals surface area contributed by atoms with Gasteiger partial charge < -0.3 is 25.3 Å². The van der Waals surface area contributed by atoms with Crippen LogP contribution in [0.25, 0.3) is 0 Å². The predicted octanol–water partition coefficient (Wildman–Crippen LogP) is 5.19. The summed E-state index contributed by atoms with van der Waals surface area (Å²) in [7, 11) is 0. The molecule has 8 heteroatoms. The number of nitrogens with one attached hydrogen (secondary N) is 2. The number of piperidine rings is 1. The van der Waals surface area contributed by atoms with Crippen molar-refractivity contribution in [1.82, 2.24) is 15.3 Å². The number of piperazine rings is 1. The van der Waals surface area contributed by atoms with Crippen molar-refractivity contribution in [3.05, 3.63) is 36.4 Å². The Morgan fingerprint density at radius 1 is 0.806 bits per heavy atom. The lowest BCUT2D eigenvalue weighted by Gasteiger charge is -2.38. The van der Waals surface area contributed by atoms with Gasteiger partial charge in [-0.2, -0.15) is 9.97 Å². The van der Waals surface area contributed by atoms with Gasteiger partial charge in [-0.15, -0.1) is 0 Å². The average molecular weight is 508 g/mol. The number of thiocarbonyl (C=S) groups is 1. The average Bonchev–Trinajstić information content (AvgIpc) is 3.18. The summed E-state index contributed by atoms with van der Waals surface area (Å²) in [4.78, 5) is 17.2. The highest BCUT2D eigenvalue weighted by Crippen LogP contribution is 2.28.